The number of likely N-dealkylation sites (tertiary alicyclic amines) is 2. The Morgan fingerprint density at radius 1 is 0.915 bits per heavy atom. The highest BCUT2D eigenvalue weighted by molar-refractivity contribution is 5.96. The molecule has 0 aliphatic carbocycles. The summed E-state index contributed by atoms with van der Waals surface area (Å²) in [5, 5.41) is 5.84. The standard InChI is InChI=1S/C35H38N4O8/c1-44-29-14-9-25-17-30(29)46-21-32(40)36-18-23-5-10-27(11-6-23)47-31-20-39(19-28(31)37-34(25)42)35(43)24-7-12-26(13-8-24)45-22-33(41)38-15-3-2-4-16-38/h5-14,17,28,31H,2-4,15-16,18-22H2,1H3,(H,36,40)(H,37,42)/t28-,31-/m0/s1. The summed E-state index contributed by atoms with van der Waals surface area (Å²) < 4.78 is 23.1. The molecule has 12 nitrogen and oxygen atoms in total. The fourth-order valence-electron chi connectivity index (χ4n) is 5.89. The van der Waals surface area contributed by atoms with Crippen LogP contribution in [0, 0.1) is 0 Å². The van der Waals surface area contributed by atoms with Crippen molar-refractivity contribution < 1.29 is 38.1 Å². The maximum Gasteiger partial charge on any atom is 0.260 e. The molecule has 2 saturated heterocycles. The zero-order chi connectivity index (χ0) is 32.8. The van der Waals surface area contributed by atoms with Gasteiger partial charge in [-0.25, -0.2) is 0 Å². The zero-order valence-electron chi connectivity index (χ0n) is 26.2. The minimum absolute atomic E-state index is 0.0379. The molecule has 0 saturated carbocycles. The molecule has 12 heteroatoms. The Morgan fingerprint density at radius 2 is 1.68 bits per heavy atom. The quantitative estimate of drug-likeness (QED) is 0.434. The Labute approximate surface area is 272 Å². The van der Waals surface area contributed by atoms with Gasteiger partial charge in [0, 0.05) is 37.3 Å². The maximum atomic E-state index is 13.6. The lowest BCUT2D eigenvalue weighted by Gasteiger charge is -2.26. The van der Waals surface area contributed by atoms with E-state index in [-0.39, 0.29) is 49.8 Å². The minimum Gasteiger partial charge on any atom is -0.493 e. The van der Waals surface area contributed by atoms with Gasteiger partial charge in [0.15, 0.2) is 24.7 Å². The maximum absolute atomic E-state index is 13.6. The van der Waals surface area contributed by atoms with Gasteiger partial charge in [0.05, 0.1) is 19.7 Å². The van der Waals surface area contributed by atoms with E-state index < -0.39 is 18.1 Å². The van der Waals surface area contributed by atoms with Crippen molar-refractivity contribution in [2.24, 2.45) is 0 Å². The number of carbonyl (C=O) groups is 4. The Balaban J connectivity index is 1.17. The first kappa shape index (κ1) is 31.7. The van der Waals surface area contributed by atoms with Crippen LogP contribution in [0.2, 0.25) is 0 Å². The highest BCUT2D eigenvalue weighted by Crippen LogP contribution is 2.29. The third-order valence-electron chi connectivity index (χ3n) is 8.53. The summed E-state index contributed by atoms with van der Waals surface area (Å²) in [6.45, 7) is 1.98. The third kappa shape index (κ3) is 7.76. The number of hydrogen-bond donors (Lipinski definition) is 2. The fraction of sp³-hybridized carbons (Fsp3) is 0.371. The summed E-state index contributed by atoms with van der Waals surface area (Å²) in [6, 6.07) is 18.2. The van der Waals surface area contributed by atoms with Crippen molar-refractivity contribution in [3.05, 3.63) is 83.4 Å². The monoisotopic (exact) mass is 642 g/mol. The summed E-state index contributed by atoms with van der Waals surface area (Å²) in [5.74, 6) is 0.730. The van der Waals surface area contributed by atoms with Gasteiger partial charge in [-0.2, -0.15) is 0 Å². The number of amides is 4. The number of benzene rings is 3. The Bertz CT molecular complexity index is 1600. The van der Waals surface area contributed by atoms with Crippen LogP contribution in [-0.4, -0.2) is 92.1 Å². The predicted octanol–water partition coefficient (Wildman–Crippen LogP) is 2.80. The summed E-state index contributed by atoms with van der Waals surface area (Å²) >= 11 is 0. The molecule has 4 heterocycles. The average Bonchev–Trinajstić information content (AvgIpc) is 3.50. The van der Waals surface area contributed by atoms with Crippen LogP contribution in [-0.2, 0) is 16.1 Å². The van der Waals surface area contributed by atoms with Gasteiger partial charge in [0.25, 0.3) is 23.6 Å². The molecule has 0 radical (unpaired) electrons. The van der Waals surface area contributed by atoms with Gasteiger partial charge in [0.2, 0.25) is 0 Å². The van der Waals surface area contributed by atoms with E-state index in [0.717, 1.165) is 37.9 Å². The Kier molecular flexibility index (Phi) is 9.75. The summed E-state index contributed by atoms with van der Waals surface area (Å²) in [5.41, 5.74) is 1.61. The van der Waals surface area contributed by atoms with E-state index in [9.17, 15) is 19.2 Å². The van der Waals surface area contributed by atoms with Gasteiger partial charge in [-0.15, -0.1) is 0 Å². The van der Waals surface area contributed by atoms with Crippen LogP contribution in [0.5, 0.6) is 23.0 Å². The molecule has 4 amide bonds. The second kappa shape index (κ2) is 14.4. The molecule has 0 spiro atoms. The summed E-state index contributed by atoms with van der Waals surface area (Å²) in [7, 11) is 1.48. The SMILES string of the molecule is COc1ccc2cc1OCC(=O)NCc1ccc(cc1)O[C@H]1CN(C(=O)c3ccc(OCC(=O)N4CCCCC4)cc3)C[C@@H]1NC2=O. The molecular formula is C35H38N4O8. The van der Waals surface area contributed by atoms with E-state index in [4.69, 9.17) is 18.9 Å². The van der Waals surface area contributed by atoms with Crippen molar-refractivity contribution in [1.82, 2.24) is 20.4 Å². The molecule has 2 atom stereocenters. The van der Waals surface area contributed by atoms with Crippen LogP contribution in [0.25, 0.3) is 0 Å². The number of hydrogen-bond acceptors (Lipinski definition) is 8. The van der Waals surface area contributed by atoms with Crippen molar-refractivity contribution in [3.63, 3.8) is 0 Å². The van der Waals surface area contributed by atoms with Crippen LogP contribution in [0.3, 0.4) is 0 Å². The number of nitrogens with zero attached hydrogens (tertiary/aromatic N) is 2. The van der Waals surface area contributed by atoms with Gasteiger partial charge < -0.3 is 39.4 Å². The average molecular weight is 643 g/mol. The second-order valence-corrected chi connectivity index (χ2v) is 11.8. The zero-order valence-corrected chi connectivity index (χ0v) is 26.2. The number of piperidine rings is 1. The minimum atomic E-state index is -0.540. The lowest BCUT2D eigenvalue weighted by molar-refractivity contribution is -0.134. The van der Waals surface area contributed by atoms with Gasteiger partial charge >= 0.3 is 0 Å². The number of ether oxygens (including phenoxy) is 4. The van der Waals surface area contributed by atoms with E-state index in [1.165, 1.54) is 13.2 Å². The lowest BCUT2D eigenvalue weighted by atomic mass is 10.1. The van der Waals surface area contributed by atoms with Gasteiger partial charge in [-0.1, -0.05) is 12.1 Å². The number of rotatable bonds is 5. The molecule has 4 aliphatic heterocycles. The normalized spacial score (nSPS) is 19.8. The Hall–Kier alpha value is -5.26. The molecule has 4 aliphatic rings. The lowest BCUT2D eigenvalue weighted by Crippen LogP contribution is -2.45. The second-order valence-electron chi connectivity index (χ2n) is 11.8. The van der Waals surface area contributed by atoms with Crippen molar-refractivity contribution in [1.29, 1.82) is 0 Å². The number of carbonyl (C=O) groups excluding carboxylic acids is 4. The van der Waals surface area contributed by atoms with Crippen LogP contribution in [0.15, 0.2) is 66.7 Å². The first-order chi connectivity index (χ1) is 22.9. The molecule has 0 aromatic heterocycles. The molecule has 3 aromatic carbocycles. The number of nitrogens with one attached hydrogen (secondary N) is 2. The molecule has 7 rings (SSSR count). The molecule has 2 N–H and O–H groups in total. The first-order valence-electron chi connectivity index (χ1n) is 15.8. The summed E-state index contributed by atoms with van der Waals surface area (Å²) in [6.07, 6.45) is 2.63. The van der Waals surface area contributed by atoms with Crippen molar-refractivity contribution in [2.45, 2.75) is 38.0 Å². The van der Waals surface area contributed by atoms with E-state index in [1.54, 1.807) is 53.4 Å². The van der Waals surface area contributed by atoms with Gasteiger partial charge in [-0.05, 0) is 79.4 Å². The van der Waals surface area contributed by atoms with Crippen LogP contribution in [0.1, 0.15) is 45.5 Å². The molecule has 3 aromatic rings. The highest BCUT2D eigenvalue weighted by Gasteiger charge is 2.38. The number of methoxy groups -OCH3 is 1. The van der Waals surface area contributed by atoms with Crippen molar-refractivity contribution >= 4 is 23.6 Å². The first-order valence-corrected chi connectivity index (χ1v) is 15.8. The van der Waals surface area contributed by atoms with Gasteiger partial charge in [0.1, 0.15) is 17.6 Å². The van der Waals surface area contributed by atoms with E-state index in [1.807, 2.05) is 17.0 Å². The summed E-state index contributed by atoms with van der Waals surface area (Å²) in [4.78, 5) is 55.4. The third-order valence-corrected chi connectivity index (χ3v) is 8.53. The molecule has 246 valence electrons. The predicted molar refractivity (Wildman–Crippen MR) is 171 cm³/mol. The molecular weight excluding hydrogens is 604 g/mol. The van der Waals surface area contributed by atoms with E-state index in [2.05, 4.69) is 10.6 Å². The molecule has 0 unspecified atom stereocenters. The highest BCUT2D eigenvalue weighted by atomic mass is 16.5. The smallest absolute Gasteiger partial charge is 0.260 e. The Morgan fingerprint density at radius 3 is 2.43 bits per heavy atom. The van der Waals surface area contributed by atoms with Crippen LogP contribution in [0.4, 0.5) is 0 Å². The van der Waals surface area contributed by atoms with E-state index in [0.29, 0.717) is 34.9 Å². The van der Waals surface area contributed by atoms with Crippen LogP contribution >= 0.6 is 0 Å². The van der Waals surface area contributed by atoms with Crippen molar-refractivity contribution in [3.8, 4) is 23.0 Å². The number of fused-ring (bicyclic) bond motifs is 7. The molecule has 47 heavy (non-hydrogen) atoms. The fourth-order valence-corrected chi connectivity index (χ4v) is 5.89. The van der Waals surface area contributed by atoms with Gasteiger partial charge in [-0.3, -0.25) is 19.2 Å². The van der Waals surface area contributed by atoms with Crippen LogP contribution < -0.4 is 29.6 Å². The van der Waals surface area contributed by atoms with E-state index >= 15 is 0 Å². The topological polar surface area (TPSA) is 136 Å². The van der Waals surface area contributed by atoms with Crippen molar-refractivity contribution in [2.75, 3.05) is 46.5 Å². The molecule has 4 bridgehead atoms. The molecule has 2 fully saturated rings. The largest absolute Gasteiger partial charge is 0.493 e.